The monoisotopic (exact) mass is 571 g/mol. The van der Waals surface area contributed by atoms with E-state index in [1.807, 2.05) is 6.92 Å². The first kappa shape index (κ1) is 27.9. The maximum atomic E-state index is 12.1. The summed E-state index contributed by atoms with van der Waals surface area (Å²) < 4.78 is 5.21. The van der Waals surface area contributed by atoms with E-state index < -0.39 is 0 Å². The first-order chi connectivity index (χ1) is 15.6. The Labute approximate surface area is 216 Å². The second-order valence-electron chi connectivity index (χ2n) is 8.66. The van der Waals surface area contributed by atoms with E-state index in [4.69, 9.17) is 9.73 Å². The van der Waals surface area contributed by atoms with E-state index in [0.717, 1.165) is 77.7 Å². The van der Waals surface area contributed by atoms with Gasteiger partial charge in [0.15, 0.2) is 5.96 Å². The summed E-state index contributed by atoms with van der Waals surface area (Å²) in [7, 11) is 0. The van der Waals surface area contributed by atoms with Gasteiger partial charge in [0.1, 0.15) is 0 Å². The highest BCUT2D eigenvalue weighted by atomic mass is 127. The zero-order valence-electron chi connectivity index (χ0n) is 20.6. The van der Waals surface area contributed by atoms with Crippen LogP contribution in [0.4, 0.5) is 0 Å². The lowest BCUT2D eigenvalue weighted by Crippen LogP contribution is -2.46. The summed E-state index contributed by atoms with van der Waals surface area (Å²) in [4.78, 5) is 24.4. The molecule has 0 bridgehead atoms. The third kappa shape index (κ3) is 8.40. The summed E-state index contributed by atoms with van der Waals surface area (Å²) in [6.07, 6.45) is 1.65. The van der Waals surface area contributed by atoms with Gasteiger partial charge in [0.25, 0.3) is 0 Å². The van der Waals surface area contributed by atoms with Gasteiger partial charge in [-0.3, -0.25) is 9.69 Å². The number of halogens is 1. The van der Waals surface area contributed by atoms with E-state index in [1.165, 1.54) is 11.1 Å². The lowest BCUT2D eigenvalue weighted by Gasteiger charge is -2.34. The fourth-order valence-corrected chi connectivity index (χ4v) is 4.54. The highest BCUT2D eigenvalue weighted by molar-refractivity contribution is 14.0. The van der Waals surface area contributed by atoms with Crippen LogP contribution in [0.3, 0.4) is 0 Å². The van der Waals surface area contributed by atoms with Gasteiger partial charge >= 0.3 is 5.97 Å². The van der Waals surface area contributed by atoms with Gasteiger partial charge in [0.2, 0.25) is 0 Å². The Morgan fingerprint density at radius 1 is 1.00 bits per heavy atom. The molecule has 2 fully saturated rings. The zero-order valence-corrected chi connectivity index (χ0v) is 22.9. The number of nitrogens with zero attached hydrogens (tertiary/aromatic N) is 4. The molecule has 2 aliphatic rings. The van der Waals surface area contributed by atoms with Gasteiger partial charge < -0.3 is 19.9 Å². The number of benzene rings is 1. The van der Waals surface area contributed by atoms with Crippen LogP contribution in [-0.2, 0) is 22.6 Å². The molecule has 0 radical (unpaired) electrons. The van der Waals surface area contributed by atoms with Gasteiger partial charge in [-0.15, -0.1) is 24.0 Å². The van der Waals surface area contributed by atoms with Crippen molar-refractivity contribution in [3.05, 3.63) is 35.4 Å². The molecule has 8 heteroatoms. The Morgan fingerprint density at radius 2 is 1.64 bits per heavy atom. The molecule has 0 saturated carbocycles. The number of hydrogen-bond acceptors (Lipinski definition) is 5. The number of nitrogens with one attached hydrogen (secondary N) is 1. The number of likely N-dealkylation sites (N-methyl/N-ethyl adjacent to an activating group) is 1. The summed E-state index contributed by atoms with van der Waals surface area (Å²) in [5, 5.41) is 3.45. The molecule has 1 aromatic carbocycles. The lowest BCUT2D eigenvalue weighted by atomic mass is 9.97. The summed E-state index contributed by atoms with van der Waals surface area (Å²) in [5.74, 6) is 0.909. The van der Waals surface area contributed by atoms with Gasteiger partial charge in [0.05, 0.1) is 19.1 Å². The third-order valence-corrected chi connectivity index (χ3v) is 6.57. The van der Waals surface area contributed by atoms with Crippen LogP contribution in [0, 0.1) is 5.92 Å². The summed E-state index contributed by atoms with van der Waals surface area (Å²) in [6.45, 7) is 16.5. The molecular weight excluding hydrogens is 529 g/mol. The van der Waals surface area contributed by atoms with Gasteiger partial charge in [0, 0.05) is 52.4 Å². The summed E-state index contributed by atoms with van der Waals surface area (Å²) >= 11 is 0. The number of piperazine rings is 1. The van der Waals surface area contributed by atoms with Gasteiger partial charge in [-0.1, -0.05) is 31.2 Å². The molecule has 0 aromatic heterocycles. The Bertz CT molecular complexity index is 744. The highest BCUT2D eigenvalue weighted by Crippen LogP contribution is 2.20. The largest absolute Gasteiger partial charge is 0.466 e. The van der Waals surface area contributed by atoms with Crippen LogP contribution in [0.2, 0.25) is 0 Å². The van der Waals surface area contributed by atoms with E-state index in [0.29, 0.717) is 13.2 Å². The number of aliphatic imine (C=N–C) groups is 1. The molecule has 2 saturated heterocycles. The van der Waals surface area contributed by atoms with E-state index in [-0.39, 0.29) is 35.9 Å². The van der Waals surface area contributed by atoms with E-state index in [1.54, 1.807) is 0 Å². The van der Waals surface area contributed by atoms with Crippen molar-refractivity contribution in [2.75, 3.05) is 59.0 Å². The van der Waals surface area contributed by atoms with Crippen molar-refractivity contribution in [3.8, 4) is 0 Å². The average Bonchev–Trinajstić information content (AvgIpc) is 2.83. The molecule has 0 unspecified atom stereocenters. The molecule has 2 aliphatic heterocycles. The minimum atomic E-state index is -0.0530. The molecular formula is C25H42IN5O2. The fraction of sp³-hybridized carbons (Fsp3) is 0.680. The SMILES string of the molecule is CCNC(=NCc1ccccc1CN1CCN(CC)CC1)N1CCC(C(=O)OCC)CC1.I. The maximum Gasteiger partial charge on any atom is 0.309 e. The predicted octanol–water partition coefficient (Wildman–Crippen LogP) is 3.18. The Balaban J connectivity index is 0.00000385. The third-order valence-electron chi connectivity index (χ3n) is 6.57. The molecule has 1 N–H and O–H groups in total. The van der Waals surface area contributed by atoms with Crippen LogP contribution >= 0.6 is 24.0 Å². The molecule has 0 spiro atoms. The zero-order chi connectivity index (χ0) is 22.8. The molecule has 7 nitrogen and oxygen atoms in total. The lowest BCUT2D eigenvalue weighted by molar-refractivity contribution is -0.149. The van der Waals surface area contributed by atoms with Crippen molar-refractivity contribution in [1.82, 2.24) is 20.0 Å². The molecule has 186 valence electrons. The first-order valence-electron chi connectivity index (χ1n) is 12.4. The number of esters is 1. The highest BCUT2D eigenvalue weighted by Gasteiger charge is 2.27. The van der Waals surface area contributed by atoms with Crippen LogP contribution in [0.15, 0.2) is 29.3 Å². The second-order valence-corrected chi connectivity index (χ2v) is 8.66. The van der Waals surface area contributed by atoms with Crippen LogP contribution in [0.25, 0.3) is 0 Å². The smallest absolute Gasteiger partial charge is 0.309 e. The van der Waals surface area contributed by atoms with E-state index >= 15 is 0 Å². The van der Waals surface area contributed by atoms with E-state index in [2.05, 4.69) is 58.1 Å². The number of piperidine rings is 1. The van der Waals surface area contributed by atoms with Crippen molar-refractivity contribution in [2.24, 2.45) is 10.9 Å². The molecule has 0 amide bonds. The first-order valence-corrected chi connectivity index (χ1v) is 12.4. The predicted molar refractivity (Wildman–Crippen MR) is 145 cm³/mol. The van der Waals surface area contributed by atoms with Crippen molar-refractivity contribution in [2.45, 2.75) is 46.7 Å². The summed E-state index contributed by atoms with van der Waals surface area (Å²) in [5.41, 5.74) is 2.67. The molecule has 33 heavy (non-hydrogen) atoms. The quantitative estimate of drug-likeness (QED) is 0.224. The second kappa shape index (κ2) is 14.8. The number of ether oxygens (including phenoxy) is 1. The van der Waals surface area contributed by atoms with Crippen LogP contribution in [-0.4, -0.2) is 85.6 Å². The number of rotatable bonds is 8. The Morgan fingerprint density at radius 3 is 2.24 bits per heavy atom. The average molecular weight is 572 g/mol. The molecule has 2 heterocycles. The standard InChI is InChI=1S/C25H41N5O2.HI/c1-4-26-25(30-13-11-21(12-14-30)24(31)32-6-3)27-19-22-9-7-8-10-23(22)20-29-17-15-28(5-2)16-18-29;/h7-10,21H,4-6,11-20H2,1-3H3,(H,26,27);1H. The number of carbonyl (C=O) groups excluding carboxylic acids is 1. The topological polar surface area (TPSA) is 60.4 Å². The van der Waals surface area contributed by atoms with Crippen LogP contribution in [0.5, 0.6) is 0 Å². The number of carbonyl (C=O) groups is 1. The molecule has 0 aliphatic carbocycles. The Hall–Kier alpha value is -1.39. The molecule has 1 aromatic rings. The Kier molecular flexibility index (Phi) is 12.5. The van der Waals surface area contributed by atoms with Crippen LogP contribution < -0.4 is 5.32 Å². The summed E-state index contributed by atoms with van der Waals surface area (Å²) in [6, 6.07) is 8.70. The minimum Gasteiger partial charge on any atom is -0.466 e. The van der Waals surface area contributed by atoms with Crippen LogP contribution in [0.1, 0.15) is 44.7 Å². The van der Waals surface area contributed by atoms with Crippen molar-refractivity contribution in [3.63, 3.8) is 0 Å². The van der Waals surface area contributed by atoms with Gasteiger partial charge in [-0.2, -0.15) is 0 Å². The number of likely N-dealkylation sites (tertiary alicyclic amines) is 1. The van der Waals surface area contributed by atoms with Crippen molar-refractivity contribution >= 4 is 35.9 Å². The molecule has 3 rings (SSSR count). The minimum absolute atomic E-state index is 0. The normalized spacial score (nSPS) is 18.6. The van der Waals surface area contributed by atoms with Crippen molar-refractivity contribution < 1.29 is 9.53 Å². The van der Waals surface area contributed by atoms with Crippen molar-refractivity contribution in [1.29, 1.82) is 0 Å². The fourth-order valence-electron chi connectivity index (χ4n) is 4.54. The number of hydrogen-bond donors (Lipinski definition) is 1. The molecule has 0 atom stereocenters. The van der Waals surface area contributed by atoms with Gasteiger partial charge in [-0.25, -0.2) is 4.99 Å². The van der Waals surface area contributed by atoms with Gasteiger partial charge in [-0.05, 0) is 44.4 Å². The van der Waals surface area contributed by atoms with E-state index in [9.17, 15) is 4.79 Å². The number of guanidine groups is 1. The maximum absolute atomic E-state index is 12.1.